The van der Waals surface area contributed by atoms with E-state index in [0.29, 0.717) is 23.6 Å². The molecule has 10 heteroatoms. The number of amides is 1. The second-order valence-electron chi connectivity index (χ2n) is 8.41. The van der Waals surface area contributed by atoms with Gasteiger partial charge >= 0.3 is 0 Å². The smallest absolute Gasteiger partial charge is 0.255 e. The molecule has 1 aromatic rings. The number of nitrogens with one attached hydrogen (secondary N) is 1. The van der Waals surface area contributed by atoms with E-state index >= 15 is 0 Å². The van der Waals surface area contributed by atoms with Crippen molar-refractivity contribution < 1.29 is 18.3 Å². The van der Waals surface area contributed by atoms with E-state index in [2.05, 4.69) is 32.8 Å². The fraction of sp³-hybridized carbons (Fsp3) is 0.417. The van der Waals surface area contributed by atoms with Gasteiger partial charge in [0, 0.05) is 5.92 Å². The first-order valence-electron chi connectivity index (χ1n) is 10.6. The van der Waals surface area contributed by atoms with E-state index in [1.807, 2.05) is 32.9 Å². The molecular weight excluding hydrogens is 460 g/mol. The van der Waals surface area contributed by atoms with Crippen LogP contribution in [0.1, 0.15) is 32.9 Å². The maximum Gasteiger partial charge on any atom is 0.255 e. The molecule has 1 aliphatic carbocycles. The third kappa shape index (κ3) is 5.30. The Hall–Kier alpha value is -3.19. The Labute approximate surface area is 202 Å². The molecule has 0 saturated heterocycles. The SMILES string of the molecule is C#CCOc1cnc(/C(C)=C/C(=C)/C=C(\C)[C@@]2(C)N=C(N)S[C@@]3(C(=O)NCC(F)F)CC32)cn1. The topological polar surface area (TPSA) is 102 Å². The minimum atomic E-state index is -2.61. The minimum Gasteiger partial charge on any atom is -0.463 e. The highest BCUT2D eigenvalue weighted by atomic mass is 32.2. The number of allylic oxidation sites excluding steroid dienone is 4. The largest absolute Gasteiger partial charge is 0.463 e. The maximum absolute atomic E-state index is 12.7. The maximum atomic E-state index is 12.7. The first-order chi connectivity index (χ1) is 16.0. The Bertz CT molecular complexity index is 1110. The molecule has 0 aromatic carbocycles. The van der Waals surface area contributed by atoms with Gasteiger partial charge in [-0.2, -0.15) is 0 Å². The van der Waals surface area contributed by atoms with Crippen LogP contribution in [0.2, 0.25) is 0 Å². The van der Waals surface area contributed by atoms with E-state index in [-0.39, 0.29) is 17.7 Å². The van der Waals surface area contributed by atoms with Gasteiger partial charge < -0.3 is 15.8 Å². The van der Waals surface area contributed by atoms with Crippen molar-refractivity contribution in [2.75, 3.05) is 13.2 Å². The Kier molecular flexibility index (Phi) is 7.46. The number of aromatic nitrogens is 2. The van der Waals surface area contributed by atoms with Crippen molar-refractivity contribution in [2.24, 2.45) is 16.6 Å². The van der Waals surface area contributed by atoms with Crippen LogP contribution in [0.25, 0.3) is 5.57 Å². The van der Waals surface area contributed by atoms with Crippen LogP contribution >= 0.6 is 11.8 Å². The number of terminal acetylenes is 1. The molecule has 3 atom stereocenters. The fourth-order valence-corrected chi connectivity index (χ4v) is 5.43. The molecule has 1 unspecified atom stereocenters. The van der Waals surface area contributed by atoms with Crippen molar-refractivity contribution in [3.05, 3.63) is 48.0 Å². The van der Waals surface area contributed by atoms with Gasteiger partial charge in [0.25, 0.3) is 6.43 Å². The number of halogens is 2. The van der Waals surface area contributed by atoms with Crippen molar-refractivity contribution in [1.29, 1.82) is 0 Å². The molecule has 34 heavy (non-hydrogen) atoms. The van der Waals surface area contributed by atoms with Crippen molar-refractivity contribution in [3.63, 3.8) is 0 Å². The number of rotatable bonds is 9. The van der Waals surface area contributed by atoms with E-state index < -0.39 is 29.2 Å². The molecule has 2 aliphatic rings. The minimum absolute atomic E-state index is 0.115. The van der Waals surface area contributed by atoms with Crippen LogP contribution in [-0.4, -0.2) is 50.9 Å². The number of alkyl halides is 2. The summed E-state index contributed by atoms with van der Waals surface area (Å²) in [7, 11) is 0. The van der Waals surface area contributed by atoms with E-state index in [9.17, 15) is 13.6 Å². The van der Waals surface area contributed by atoms with Gasteiger partial charge in [0.2, 0.25) is 11.8 Å². The van der Waals surface area contributed by atoms with Crippen LogP contribution < -0.4 is 15.8 Å². The highest BCUT2D eigenvalue weighted by molar-refractivity contribution is 8.15. The number of fused-ring (bicyclic) bond motifs is 1. The van der Waals surface area contributed by atoms with Crippen molar-refractivity contribution in [1.82, 2.24) is 15.3 Å². The summed E-state index contributed by atoms with van der Waals surface area (Å²) in [6.07, 6.45) is 9.89. The predicted octanol–water partition coefficient (Wildman–Crippen LogP) is 3.35. The average molecular weight is 488 g/mol. The Morgan fingerprint density at radius 2 is 2.18 bits per heavy atom. The fourth-order valence-electron chi connectivity index (χ4n) is 4.03. The molecule has 1 amide bonds. The van der Waals surface area contributed by atoms with Crippen molar-refractivity contribution in [2.45, 2.75) is 43.9 Å². The third-order valence-electron chi connectivity index (χ3n) is 5.96. The van der Waals surface area contributed by atoms with Crippen molar-refractivity contribution in [3.8, 4) is 18.2 Å². The third-order valence-corrected chi connectivity index (χ3v) is 7.26. The zero-order valence-corrected chi connectivity index (χ0v) is 20.1. The number of ether oxygens (including phenoxy) is 1. The first-order valence-corrected chi connectivity index (χ1v) is 11.4. The highest BCUT2D eigenvalue weighted by Crippen LogP contribution is 2.64. The number of carbonyl (C=O) groups excluding carboxylic acids is 1. The summed E-state index contributed by atoms with van der Waals surface area (Å²) in [5.74, 6) is 2.12. The molecule has 180 valence electrons. The van der Waals surface area contributed by atoms with Crippen LogP contribution in [0.3, 0.4) is 0 Å². The Morgan fingerprint density at radius 3 is 2.79 bits per heavy atom. The standard InChI is InChI=1S/C24H27F2N5O2S/c1-6-7-33-20-13-28-17(11-29-20)15(3)8-14(2)9-16(4)23(5)18-10-24(18,34-22(27)31-23)21(32)30-12-19(25)26/h1,8-9,11,13,18-19H,2,7,10,12H2,3-5H3,(H2,27,31)(H,30,32)/b15-8+,16-9+/t18?,23-,24+/m1/s1. The Balaban J connectivity index is 1.75. The molecule has 2 heterocycles. The van der Waals surface area contributed by atoms with E-state index in [0.717, 1.165) is 22.9 Å². The zero-order chi connectivity index (χ0) is 25.1. The van der Waals surface area contributed by atoms with Crippen LogP contribution in [-0.2, 0) is 4.79 Å². The predicted molar refractivity (Wildman–Crippen MR) is 130 cm³/mol. The average Bonchev–Trinajstić information content (AvgIpc) is 3.52. The quantitative estimate of drug-likeness (QED) is 0.409. The van der Waals surface area contributed by atoms with Crippen molar-refractivity contribution >= 4 is 28.4 Å². The van der Waals surface area contributed by atoms with Crippen LogP contribution in [0.15, 0.2) is 47.3 Å². The first kappa shape index (κ1) is 25.4. The lowest BCUT2D eigenvalue weighted by Crippen LogP contribution is -2.46. The molecule has 7 nitrogen and oxygen atoms in total. The number of amidine groups is 1. The molecule has 3 rings (SSSR count). The molecule has 1 saturated carbocycles. The summed E-state index contributed by atoms with van der Waals surface area (Å²) in [6.45, 7) is 9.23. The number of thioether (sulfide) groups is 1. The number of nitrogens with two attached hydrogens (primary N) is 1. The lowest BCUT2D eigenvalue weighted by atomic mass is 9.85. The Morgan fingerprint density at radius 1 is 1.44 bits per heavy atom. The molecule has 3 N–H and O–H groups in total. The van der Waals surface area contributed by atoms with Crippen LogP contribution in [0.4, 0.5) is 8.78 Å². The van der Waals surface area contributed by atoms with Gasteiger partial charge in [-0.25, -0.2) is 18.7 Å². The second-order valence-corrected chi connectivity index (χ2v) is 9.76. The number of hydrogen-bond acceptors (Lipinski definition) is 7. The zero-order valence-electron chi connectivity index (χ0n) is 19.3. The molecule has 1 aromatic heterocycles. The summed E-state index contributed by atoms with van der Waals surface area (Å²) >= 11 is 1.15. The summed E-state index contributed by atoms with van der Waals surface area (Å²) < 4.78 is 29.5. The molecule has 0 bridgehead atoms. The van der Waals surface area contributed by atoms with Gasteiger partial charge in [-0.3, -0.25) is 9.79 Å². The molecule has 1 fully saturated rings. The van der Waals surface area contributed by atoms with Gasteiger partial charge in [0.05, 0.1) is 30.2 Å². The normalized spacial score (nSPS) is 26.3. The number of nitrogens with zero attached hydrogens (tertiary/aromatic N) is 3. The lowest BCUT2D eigenvalue weighted by Gasteiger charge is -2.34. The summed E-state index contributed by atoms with van der Waals surface area (Å²) in [5, 5.41) is 2.59. The molecule has 0 spiro atoms. The molecule has 0 radical (unpaired) electrons. The van der Waals surface area contributed by atoms with Gasteiger partial charge in [0.15, 0.2) is 11.8 Å². The van der Waals surface area contributed by atoms with Crippen LogP contribution in [0, 0.1) is 18.3 Å². The summed E-state index contributed by atoms with van der Waals surface area (Å²) in [5.41, 5.74) is 8.36. The number of hydrogen-bond donors (Lipinski definition) is 2. The molecule has 1 aliphatic heterocycles. The van der Waals surface area contributed by atoms with E-state index in [1.165, 1.54) is 6.20 Å². The van der Waals surface area contributed by atoms with Gasteiger partial charge in [-0.05, 0) is 43.9 Å². The van der Waals surface area contributed by atoms with E-state index in [1.54, 1.807) is 6.20 Å². The molecular formula is C24H27F2N5O2S. The highest BCUT2D eigenvalue weighted by Gasteiger charge is 2.70. The van der Waals surface area contributed by atoms with Gasteiger partial charge in [-0.1, -0.05) is 36.4 Å². The summed E-state index contributed by atoms with van der Waals surface area (Å²) in [4.78, 5) is 25.8. The number of carbonyl (C=O) groups is 1. The number of aliphatic imine (C=N–C) groups is 1. The van der Waals surface area contributed by atoms with E-state index in [4.69, 9.17) is 16.9 Å². The van der Waals surface area contributed by atoms with Crippen LogP contribution in [0.5, 0.6) is 5.88 Å². The lowest BCUT2D eigenvalue weighted by molar-refractivity contribution is -0.122. The monoisotopic (exact) mass is 487 g/mol. The second kappa shape index (κ2) is 9.97. The van der Waals surface area contributed by atoms with Gasteiger partial charge in [0.1, 0.15) is 4.75 Å². The summed E-state index contributed by atoms with van der Waals surface area (Å²) in [6, 6.07) is 0. The van der Waals surface area contributed by atoms with Gasteiger partial charge in [-0.15, -0.1) is 6.42 Å².